The van der Waals surface area contributed by atoms with E-state index in [1.54, 1.807) is 0 Å². The highest BCUT2D eigenvalue weighted by Crippen LogP contribution is 2.33. The normalized spacial score (nSPS) is 21.7. The number of nitrogens with zero attached hydrogens (tertiary/aromatic N) is 3. The third-order valence-electron chi connectivity index (χ3n) is 4.56. The topological polar surface area (TPSA) is 75.2 Å². The quantitative estimate of drug-likeness (QED) is 0.919. The van der Waals surface area contributed by atoms with Crippen molar-refractivity contribution in [2.75, 3.05) is 28.3 Å². The van der Waals surface area contributed by atoms with E-state index >= 15 is 0 Å². The van der Waals surface area contributed by atoms with E-state index in [1.165, 1.54) is 5.56 Å². The van der Waals surface area contributed by atoms with Crippen LogP contribution in [0, 0.1) is 6.92 Å². The monoisotopic (exact) mass is 344 g/mol. The highest BCUT2D eigenvalue weighted by Gasteiger charge is 2.28. The van der Waals surface area contributed by atoms with Crippen molar-refractivity contribution in [1.29, 1.82) is 0 Å². The van der Waals surface area contributed by atoms with E-state index in [1.807, 2.05) is 25.1 Å². The first-order valence-corrected chi connectivity index (χ1v) is 10.0. The molecule has 3 heterocycles. The van der Waals surface area contributed by atoms with E-state index in [2.05, 4.69) is 32.3 Å². The van der Waals surface area contributed by atoms with E-state index < -0.39 is 9.84 Å². The zero-order chi connectivity index (χ0) is 16.7. The molecule has 2 aliphatic rings. The number of para-hydroxylation sites is 1. The summed E-state index contributed by atoms with van der Waals surface area (Å²) in [4.78, 5) is 11.3. The Labute approximate surface area is 141 Å². The lowest BCUT2D eigenvalue weighted by Gasteiger charge is -2.19. The van der Waals surface area contributed by atoms with Gasteiger partial charge >= 0.3 is 0 Å². The molecule has 0 bridgehead atoms. The number of rotatable bonds is 3. The van der Waals surface area contributed by atoms with Crippen molar-refractivity contribution in [3.63, 3.8) is 0 Å². The van der Waals surface area contributed by atoms with Gasteiger partial charge in [0, 0.05) is 30.0 Å². The summed E-state index contributed by atoms with van der Waals surface area (Å²) in [7, 11) is -2.91. The van der Waals surface area contributed by atoms with Gasteiger partial charge in [0.15, 0.2) is 9.84 Å². The summed E-state index contributed by atoms with van der Waals surface area (Å²) in [5, 5.41) is 3.27. The first-order chi connectivity index (χ1) is 11.5. The van der Waals surface area contributed by atoms with Crippen LogP contribution < -0.4 is 10.2 Å². The van der Waals surface area contributed by atoms with Crippen LogP contribution >= 0.6 is 0 Å². The van der Waals surface area contributed by atoms with Gasteiger partial charge in [0.05, 0.1) is 11.5 Å². The Kier molecular flexibility index (Phi) is 3.68. The number of anilines is 3. The molecule has 1 saturated heterocycles. The molecule has 0 radical (unpaired) electrons. The van der Waals surface area contributed by atoms with E-state index in [0.717, 1.165) is 24.3 Å². The molecule has 1 atom stereocenters. The molecule has 1 fully saturated rings. The fourth-order valence-corrected chi connectivity index (χ4v) is 5.08. The van der Waals surface area contributed by atoms with Gasteiger partial charge < -0.3 is 10.2 Å². The average Bonchev–Trinajstić information content (AvgIpc) is 3.10. The Morgan fingerprint density at radius 3 is 2.88 bits per heavy atom. The van der Waals surface area contributed by atoms with Gasteiger partial charge in [-0.05, 0) is 31.4 Å². The zero-order valence-electron chi connectivity index (χ0n) is 13.6. The Bertz CT molecular complexity index is 882. The van der Waals surface area contributed by atoms with Crippen molar-refractivity contribution in [3.8, 4) is 0 Å². The summed E-state index contributed by atoms with van der Waals surface area (Å²) in [5.74, 6) is 1.80. The van der Waals surface area contributed by atoms with Crippen LogP contribution in [0.4, 0.5) is 17.5 Å². The van der Waals surface area contributed by atoms with Crippen molar-refractivity contribution < 1.29 is 8.42 Å². The molecule has 7 heteroatoms. The number of nitrogens with one attached hydrogen (secondary N) is 1. The Balaban J connectivity index is 1.61. The molecule has 1 unspecified atom stereocenters. The van der Waals surface area contributed by atoms with Crippen molar-refractivity contribution in [1.82, 2.24) is 9.97 Å². The van der Waals surface area contributed by atoms with Gasteiger partial charge in [-0.3, -0.25) is 0 Å². The second-order valence-corrected chi connectivity index (χ2v) is 8.70. The predicted octanol–water partition coefficient (Wildman–Crippen LogP) is 2.08. The van der Waals surface area contributed by atoms with Crippen LogP contribution in [0.2, 0.25) is 0 Å². The van der Waals surface area contributed by atoms with Gasteiger partial charge in [-0.15, -0.1) is 0 Å². The minimum atomic E-state index is -2.91. The molecule has 1 N–H and O–H groups in total. The predicted molar refractivity (Wildman–Crippen MR) is 94.6 cm³/mol. The maximum absolute atomic E-state index is 11.6. The van der Waals surface area contributed by atoms with Crippen LogP contribution in [0.15, 0.2) is 30.3 Å². The SMILES string of the molecule is Cc1cc(NC2CCS(=O)(=O)C2)nc(N2CCc3ccccc32)n1. The molecule has 24 heavy (non-hydrogen) atoms. The van der Waals surface area contributed by atoms with Crippen LogP contribution in [0.25, 0.3) is 0 Å². The van der Waals surface area contributed by atoms with Crippen molar-refractivity contribution in [3.05, 3.63) is 41.6 Å². The molecular formula is C17H20N4O2S. The number of aryl methyl sites for hydroxylation is 1. The zero-order valence-corrected chi connectivity index (χ0v) is 14.4. The number of aromatic nitrogens is 2. The minimum absolute atomic E-state index is 0.0667. The fourth-order valence-electron chi connectivity index (χ4n) is 3.41. The Hall–Kier alpha value is -2.15. The smallest absolute Gasteiger partial charge is 0.232 e. The first kappa shape index (κ1) is 15.4. The third kappa shape index (κ3) is 2.96. The molecule has 0 aliphatic carbocycles. The molecule has 2 aromatic rings. The van der Waals surface area contributed by atoms with Crippen LogP contribution in [-0.2, 0) is 16.3 Å². The molecule has 0 spiro atoms. The fraction of sp³-hybridized carbons (Fsp3) is 0.412. The maximum atomic E-state index is 11.6. The van der Waals surface area contributed by atoms with E-state index in [-0.39, 0.29) is 17.5 Å². The molecule has 2 aliphatic heterocycles. The van der Waals surface area contributed by atoms with Gasteiger partial charge in [-0.1, -0.05) is 18.2 Å². The molecule has 126 valence electrons. The van der Waals surface area contributed by atoms with Gasteiger partial charge in [-0.2, -0.15) is 4.98 Å². The molecule has 1 aromatic carbocycles. The van der Waals surface area contributed by atoms with Crippen molar-refractivity contribution in [2.45, 2.75) is 25.8 Å². The first-order valence-electron chi connectivity index (χ1n) is 8.18. The van der Waals surface area contributed by atoms with E-state index in [4.69, 9.17) is 0 Å². The van der Waals surface area contributed by atoms with E-state index in [9.17, 15) is 8.42 Å². The molecule has 0 amide bonds. The summed E-state index contributed by atoms with van der Waals surface area (Å²) in [6.45, 7) is 2.80. The molecular weight excluding hydrogens is 324 g/mol. The lowest BCUT2D eigenvalue weighted by Crippen LogP contribution is -2.23. The van der Waals surface area contributed by atoms with Gasteiger partial charge in [0.1, 0.15) is 5.82 Å². The summed E-state index contributed by atoms with van der Waals surface area (Å²) in [6.07, 6.45) is 1.62. The van der Waals surface area contributed by atoms with Crippen LogP contribution in [0.1, 0.15) is 17.7 Å². The Morgan fingerprint density at radius 2 is 2.08 bits per heavy atom. The van der Waals surface area contributed by atoms with Gasteiger partial charge in [-0.25, -0.2) is 13.4 Å². The Morgan fingerprint density at radius 1 is 1.25 bits per heavy atom. The third-order valence-corrected chi connectivity index (χ3v) is 6.32. The second kappa shape index (κ2) is 5.73. The number of sulfone groups is 1. The second-order valence-electron chi connectivity index (χ2n) is 6.47. The maximum Gasteiger partial charge on any atom is 0.232 e. The number of benzene rings is 1. The van der Waals surface area contributed by atoms with Crippen LogP contribution in [0.3, 0.4) is 0 Å². The van der Waals surface area contributed by atoms with Crippen LogP contribution in [0.5, 0.6) is 0 Å². The number of fused-ring (bicyclic) bond motifs is 1. The molecule has 4 rings (SSSR count). The lowest BCUT2D eigenvalue weighted by atomic mass is 10.2. The van der Waals surface area contributed by atoms with Gasteiger partial charge in [0.25, 0.3) is 0 Å². The minimum Gasteiger partial charge on any atom is -0.366 e. The number of hydrogen-bond donors (Lipinski definition) is 1. The van der Waals surface area contributed by atoms with Crippen molar-refractivity contribution in [2.24, 2.45) is 0 Å². The highest BCUT2D eigenvalue weighted by atomic mass is 32.2. The standard InChI is InChI=1S/C17H20N4O2S/c1-12-10-16(19-14-7-9-24(22,23)11-14)20-17(18-12)21-8-6-13-4-2-3-5-15(13)21/h2-5,10,14H,6-9,11H2,1H3,(H,18,19,20). The molecule has 6 nitrogen and oxygen atoms in total. The summed E-state index contributed by atoms with van der Waals surface area (Å²) in [6, 6.07) is 10.1. The average molecular weight is 344 g/mol. The largest absolute Gasteiger partial charge is 0.366 e. The highest BCUT2D eigenvalue weighted by molar-refractivity contribution is 7.91. The summed E-state index contributed by atoms with van der Waals surface area (Å²) < 4.78 is 23.3. The van der Waals surface area contributed by atoms with Crippen LogP contribution in [-0.4, -0.2) is 42.5 Å². The summed E-state index contributed by atoms with van der Waals surface area (Å²) in [5.41, 5.74) is 3.32. The lowest BCUT2D eigenvalue weighted by molar-refractivity contribution is 0.602. The van der Waals surface area contributed by atoms with Crippen molar-refractivity contribution >= 4 is 27.3 Å². The molecule has 0 saturated carbocycles. The molecule has 1 aromatic heterocycles. The van der Waals surface area contributed by atoms with Gasteiger partial charge in [0.2, 0.25) is 5.95 Å². The van der Waals surface area contributed by atoms with E-state index in [0.29, 0.717) is 18.2 Å². The summed E-state index contributed by atoms with van der Waals surface area (Å²) >= 11 is 0. The number of hydrogen-bond acceptors (Lipinski definition) is 6.